The fourth-order valence-corrected chi connectivity index (χ4v) is 2.28. The number of anilines is 1. The first-order valence-corrected chi connectivity index (χ1v) is 7.70. The van der Waals surface area contributed by atoms with Crippen molar-refractivity contribution in [3.63, 3.8) is 0 Å². The maximum Gasteiger partial charge on any atom is 0.310 e. The minimum Gasteiger partial charge on any atom is -0.497 e. The summed E-state index contributed by atoms with van der Waals surface area (Å²) in [7, 11) is 1.56. The monoisotopic (exact) mass is 347 g/mol. The second kappa shape index (κ2) is 8.36. The highest BCUT2D eigenvalue weighted by atomic mass is 35.5. The van der Waals surface area contributed by atoms with Crippen LogP contribution in [0.2, 0.25) is 5.02 Å². The van der Waals surface area contributed by atoms with Gasteiger partial charge in [0, 0.05) is 18.2 Å². The number of amides is 1. The molecule has 2 aromatic rings. The van der Waals surface area contributed by atoms with Gasteiger partial charge in [-0.25, -0.2) is 0 Å². The number of rotatable bonds is 6. The number of esters is 1. The smallest absolute Gasteiger partial charge is 0.310 e. The molecule has 0 aliphatic rings. The summed E-state index contributed by atoms with van der Waals surface area (Å²) >= 11 is 6.10. The molecule has 0 aromatic heterocycles. The summed E-state index contributed by atoms with van der Waals surface area (Å²) in [6, 6.07) is 12.2. The van der Waals surface area contributed by atoms with E-state index in [1.165, 1.54) is 6.92 Å². The lowest BCUT2D eigenvalue weighted by Crippen LogP contribution is -2.09. The summed E-state index contributed by atoms with van der Waals surface area (Å²) in [4.78, 5) is 22.9. The van der Waals surface area contributed by atoms with Crippen molar-refractivity contribution >= 4 is 29.2 Å². The Bertz CT molecular complexity index is 728. The van der Waals surface area contributed by atoms with Crippen LogP contribution in [0, 0.1) is 0 Å². The maximum absolute atomic E-state index is 11.9. The van der Waals surface area contributed by atoms with Gasteiger partial charge in [0.05, 0.1) is 18.6 Å². The Morgan fingerprint density at radius 1 is 1.12 bits per heavy atom. The average Bonchev–Trinajstić information content (AvgIpc) is 2.55. The molecule has 24 heavy (non-hydrogen) atoms. The normalized spacial score (nSPS) is 10.1. The molecule has 126 valence electrons. The molecule has 2 aromatic carbocycles. The standard InChI is InChI=1S/C18H18ClNO4/c1-12(21)20-15-6-3-13(4-7-15)9-18(22)24-11-14-5-8-16(23-2)10-17(14)19/h3-8,10H,9,11H2,1-2H3,(H,20,21). The first-order valence-electron chi connectivity index (χ1n) is 7.32. The Balaban J connectivity index is 1.88. The van der Waals surface area contributed by atoms with Crippen LogP contribution in [0.15, 0.2) is 42.5 Å². The lowest BCUT2D eigenvalue weighted by Gasteiger charge is -2.08. The van der Waals surface area contributed by atoms with E-state index in [2.05, 4.69) is 5.32 Å². The van der Waals surface area contributed by atoms with E-state index < -0.39 is 0 Å². The quantitative estimate of drug-likeness (QED) is 0.811. The number of carbonyl (C=O) groups is 2. The van der Waals surface area contributed by atoms with Crippen LogP contribution in [0.1, 0.15) is 18.1 Å². The molecule has 0 spiro atoms. The Morgan fingerprint density at radius 2 is 1.83 bits per heavy atom. The number of halogens is 1. The lowest BCUT2D eigenvalue weighted by atomic mass is 10.1. The van der Waals surface area contributed by atoms with Crippen LogP contribution in [-0.4, -0.2) is 19.0 Å². The predicted molar refractivity (Wildman–Crippen MR) is 92.2 cm³/mol. The molecule has 0 bridgehead atoms. The summed E-state index contributed by atoms with van der Waals surface area (Å²) in [5.74, 6) is 0.155. The Labute approximate surface area is 145 Å². The van der Waals surface area contributed by atoms with Crippen LogP contribution in [0.5, 0.6) is 5.75 Å². The molecule has 0 fully saturated rings. The number of methoxy groups -OCH3 is 1. The highest BCUT2D eigenvalue weighted by molar-refractivity contribution is 6.31. The molecule has 1 amide bonds. The van der Waals surface area contributed by atoms with Gasteiger partial charge in [0.1, 0.15) is 12.4 Å². The van der Waals surface area contributed by atoms with Crippen molar-refractivity contribution in [2.24, 2.45) is 0 Å². The Kier molecular flexibility index (Phi) is 6.21. The van der Waals surface area contributed by atoms with Gasteiger partial charge < -0.3 is 14.8 Å². The van der Waals surface area contributed by atoms with Gasteiger partial charge in [-0.3, -0.25) is 9.59 Å². The van der Waals surface area contributed by atoms with E-state index in [-0.39, 0.29) is 24.9 Å². The van der Waals surface area contributed by atoms with Crippen molar-refractivity contribution in [1.29, 1.82) is 0 Å². The topological polar surface area (TPSA) is 64.6 Å². The van der Waals surface area contributed by atoms with Crippen molar-refractivity contribution in [2.75, 3.05) is 12.4 Å². The SMILES string of the molecule is COc1ccc(COC(=O)Cc2ccc(NC(C)=O)cc2)c(Cl)c1. The van der Waals surface area contributed by atoms with Crippen LogP contribution in [0.25, 0.3) is 0 Å². The molecule has 1 N–H and O–H groups in total. The molecule has 0 radical (unpaired) electrons. The summed E-state index contributed by atoms with van der Waals surface area (Å²) < 4.78 is 10.3. The van der Waals surface area contributed by atoms with Gasteiger partial charge in [-0.05, 0) is 29.8 Å². The van der Waals surface area contributed by atoms with E-state index in [1.807, 2.05) is 0 Å². The summed E-state index contributed by atoms with van der Waals surface area (Å²) in [5, 5.41) is 3.16. The summed E-state index contributed by atoms with van der Waals surface area (Å²) in [6.45, 7) is 1.54. The first kappa shape index (κ1) is 17.8. The Hall–Kier alpha value is -2.53. The van der Waals surface area contributed by atoms with Crippen LogP contribution in [0.3, 0.4) is 0 Å². The van der Waals surface area contributed by atoms with E-state index >= 15 is 0 Å². The van der Waals surface area contributed by atoms with E-state index in [9.17, 15) is 9.59 Å². The fourth-order valence-electron chi connectivity index (χ4n) is 2.06. The number of ether oxygens (including phenoxy) is 2. The third-order valence-electron chi connectivity index (χ3n) is 3.27. The molecular formula is C18H18ClNO4. The maximum atomic E-state index is 11.9. The first-order chi connectivity index (χ1) is 11.5. The van der Waals surface area contributed by atoms with E-state index in [1.54, 1.807) is 49.6 Å². The van der Waals surface area contributed by atoms with E-state index in [0.717, 1.165) is 5.56 Å². The number of carbonyl (C=O) groups excluding carboxylic acids is 2. The minimum atomic E-state index is -0.353. The van der Waals surface area contributed by atoms with Gasteiger partial charge in [-0.1, -0.05) is 29.8 Å². The highest BCUT2D eigenvalue weighted by Crippen LogP contribution is 2.23. The molecule has 2 rings (SSSR count). The molecule has 0 unspecified atom stereocenters. The number of nitrogens with one attached hydrogen (secondary N) is 1. The number of hydrogen-bond acceptors (Lipinski definition) is 4. The summed E-state index contributed by atoms with van der Waals surface area (Å²) in [6.07, 6.45) is 0.147. The average molecular weight is 348 g/mol. The Morgan fingerprint density at radius 3 is 2.42 bits per heavy atom. The van der Waals surface area contributed by atoms with E-state index in [4.69, 9.17) is 21.1 Å². The van der Waals surface area contributed by atoms with Gasteiger partial charge >= 0.3 is 5.97 Å². The van der Waals surface area contributed by atoms with E-state index in [0.29, 0.717) is 22.0 Å². The van der Waals surface area contributed by atoms with Gasteiger partial charge in [0.2, 0.25) is 5.91 Å². The largest absolute Gasteiger partial charge is 0.497 e. The molecule has 0 aliphatic heterocycles. The molecule has 0 atom stereocenters. The second-order valence-corrected chi connectivity index (χ2v) is 5.58. The van der Waals surface area contributed by atoms with Crippen LogP contribution in [0.4, 0.5) is 5.69 Å². The molecule has 0 heterocycles. The van der Waals surface area contributed by atoms with Gasteiger partial charge in [0.25, 0.3) is 0 Å². The summed E-state index contributed by atoms with van der Waals surface area (Å²) in [5.41, 5.74) is 2.20. The van der Waals surface area contributed by atoms with Crippen molar-refractivity contribution in [3.05, 3.63) is 58.6 Å². The van der Waals surface area contributed by atoms with Crippen LogP contribution in [-0.2, 0) is 27.4 Å². The molecule has 0 saturated heterocycles. The molecule has 6 heteroatoms. The molecular weight excluding hydrogens is 330 g/mol. The van der Waals surface area contributed by atoms with Gasteiger partial charge in [-0.15, -0.1) is 0 Å². The van der Waals surface area contributed by atoms with Crippen molar-refractivity contribution in [2.45, 2.75) is 20.0 Å². The zero-order valence-electron chi connectivity index (χ0n) is 13.5. The fraction of sp³-hybridized carbons (Fsp3) is 0.222. The van der Waals surface area contributed by atoms with Gasteiger partial charge in [-0.2, -0.15) is 0 Å². The van der Waals surface area contributed by atoms with Crippen molar-refractivity contribution in [3.8, 4) is 5.75 Å². The van der Waals surface area contributed by atoms with Crippen molar-refractivity contribution in [1.82, 2.24) is 0 Å². The number of benzene rings is 2. The zero-order valence-corrected chi connectivity index (χ0v) is 14.2. The minimum absolute atomic E-state index is 0.103. The number of hydrogen-bond donors (Lipinski definition) is 1. The van der Waals surface area contributed by atoms with Crippen LogP contribution < -0.4 is 10.1 Å². The molecule has 0 saturated carbocycles. The third kappa shape index (κ3) is 5.28. The second-order valence-electron chi connectivity index (χ2n) is 5.17. The zero-order chi connectivity index (χ0) is 17.5. The van der Waals surface area contributed by atoms with Crippen LogP contribution >= 0.6 is 11.6 Å². The highest BCUT2D eigenvalue weighted by Gasteiger charge is 2.08. The molecule has 0 aliphatic carbocycles. The predicted octanol–water partition coefficient (Wildman–Crippen LogP) is 3.59. The third-order valence-corrected chi connectivity index (χ3v) is 3.62. The van der Waals surface area contributed by atoms with Gasteiger partial charge in [0.15, 0.2) is 0 Å². The van der Waals surface area contributed by atoms with Crippen molar-refractivity contribution < 1.29 is 19.1 Å². The molecule has 5 nitrogen and oxygen atoms in total. The lowest BCUT2D eigenvalue weighted by molar-refractivity contribution is -0.144.